The number of cyclic esters (lactones) is 1. The SMILES string of the molecule is CCCCCC(=O)O[C@]1(C)C[C@H](O[C@H]2[C@H](N(C)C)[C@@H](O)C(O[C@H]3[C@@H](CC=O)C[C@@H](C)[C@@H](O)/C=C/C=C/C[C@@H](C)OC(=O)C[C@@H](O)[C@@H]3OC)O[C@@H]2C)O[C@@H](C)[C@@H]1O. The van der Waals surface area contributed by atoms with Gasteiger partial charge in [0, 0.05) is 32.8 Å². The highest BCUT2D eigenvalue weighted by molar-refractivity contribution is 5.70. The summed E-state index contributed by atoms with van der Waals surface area (Å²) in [5, 5.41) is 45.5. The van der Waals surface area contributed by atoms with Gasteiger partial charge in [0.05, 0.1) is 43.0 Å². The van der Waals surface area contributed by atoms with Crippen molar-refractivity contribution in [3.8, 4) is 0 Å². The lowest BCUT2D eigenvalue weighted by molar-refractivity contribution is -0.344. The van der Waals surface area contributed by atoms with Crippen LogP contribution >= 0.6 is 0 Å². The van der Waals surface area contributed by atoms with Gasteiger partial charge < -0.3 is 63.3 Å². The molecule has 3 heterocycles. The van der Waals surface area contributed by atoms with Crippen LogP contribution in [0, 0.1) is 11.8 Å². The lowest BCUT2D eigenvalue weighted by atomic mass is 9.82. The summed E-state index contributed by atoms with van der Waals surface area (Å²) in [6.45, 7) is 10.7. The lowest BCUT2D eigenvalue weighted by Gasteiger charge is -2.50. The van der Waals surface area contributed by atoms with Crippen molar-refractivity contribution in [2.75, 3.05) is 21.2 Å². The molecule has 0 radical (unpaired) electrons. The van der Waals surface area contributed by atoms with Crippen molar-refractivity contribution in [1.29, 1.82) is 0 Å². The van der Waals surface area contributed by atoms with E-state index in [-0.39, 0.29) is 31.6 Å². The number of aliphatic hydroxyl groups is 4. The van der Waals surface area contributed by atoms with E-state index in [1.54, 1.807) is 64.9 Å². The normalized spacial score (nSPS) is 41.8. The van der Waals surface area contributed by atoms with Gasteiger partial charge in [0.1, 0.15) is 42.4 Å². The molecule has 0 saturated carbocycles. The maximum absolute atomic E-state index is 12.9. The van der Waals surface area contributed by atoms with Gasteiger partial charge in [0.25, 0.3) is 0 Å². The molecule has 1 unspecified atom stereocenters. The number of aldehydes is 1. The zero-order valence-electron chi connectivity index (χ0n) is 34.7. The summed E-state index contributed by atoms with van der Waals surface area (Å²) in [7, 11) is 4.88. The van der Waals surface area contributed by atoms with Crippen molar-refractivity contribution in [2.24, 2.45) is 11.8 Å². The Hall–Kier alpha value is -2.31. The van der Waals surface area contributed by atoms with Crippen molar-refractivity contribution in [3.63, 3.8) is 0 Å². The highest BCUT2D eigenvalue weighted by Crippen LogP contribution is 2.38. The van der Waals surface area contributed by atoms with Crippen LogP contribution in [-0.4, -0.2) is 150 Å². The summed E-state index contributed by atoms with van der Waals surface area (Å²) in [6, 6.07) is -0.755. The first-order chi connectivity index (χ1) is 26.5. The summed E-state index contributed by atoms with van der Waals surface area (Å²) in [4.78, 5) is 39.6. The summed E-state index contributed by atoms with van der Waals surface area (Å²) in [5.74, 6) is -2.10. The Morgan fingerprint density at radius 2 is 1.71 bits per heavy atom. The minimum Gasteiger partial charge on any atom is -0.462 e. The van der Waals surface area contributed by atoms with E-state index in [9.17, 15) is 34.8 Å². The average molecular weight is 800 g/mol. The van der Waals surface area contributed by atoms with Gasteiger partial charge in [0.2, 0.25) is 0 Å². The molecule has 0 aromatic heterocycles. The van der Waals surface area contributed by atoms with Crippen molar-refractivity contribution < 1.29 is 68.0 Å². The van der Waals surface area contributed by atoms with Crippen molar-refractivity contribution in [2.45, 2.75) is 185 Å². The first-order valence-electron chi connectivity index (χ1n) is 20.2. The monoisotopic (exact) mass is 799 g/mol. The third kappa shape index (κ3) is 13.4. The number of carbonyl (C=O) groups excluding carboxylic acids is 3. The van der Waals surface area contributed by atoms with Crippen LogP contribution in [0.2, 0.25) is 0 Å². The Labute approximate surface area is 332 Å². The maximum Gasteiger partial charge on any atom is 0.308 e. The first kappa shape index (κ1) is 48.1. The van der Waals surface area contributed by atoms with E-state index in [0.29, 0.717) is 12.8 Å². The molecule has 0 amide bonds. The smallest absolute Gasteiger partial charge is 0.308 e. The number of aliphatic hydroxyl groups excluding tert-OH is 4. The van der Waals surface area contributed by atoms with E-state index in [4.69, 9.17) is 33.2 Å². The minimum absolute atomic E-state index is 0.0248. The molecule has 0 aliphatic carbocycles. The Morgan fingerprint density at radius 1 is 1.00 bits per heavy atom. The number of carbonyl (C=O) groups is 3. The number of esters is 2. The zero-order valence-corrected chi connectivity index (χ0v) is 34.7. The maximum atomic E-state index is 12.9. The number of hydrogen-bond donors (Lipinski definition) is 4. The largest absolute Gasteiger partial charge is 0.462 e. The molecule has 0 bridgehead atoms. The minimum atomic E-state index is -1.43. The fourth-order valence-corrected chi connectivity index (χ4v) is 7.95. The molecule has 2 saturated heterocycles. The number of allylic oxidation sites excluding steroid dienone is 2. The van der Waals surface area contributed by atoms with Gasteiger partial charge in [-0.3, -0.25) is 9.59 Å². The van der Waals surface area contributed by atoms with E-state index in [1.807, 2.05) is 19.9 Å². The predicted octanol–water partition coefficient (Wildman–Crippen LogP) is 2.98. The van der Waals surface area contributed by atoms with Crippen LogP contribution in [0.3, 0.4) is 0 Å². The molecule has 15 heteroatoms. The van der Waals surface area contributed by atoms with Crippen LogP contribution in [0.4, 0.5) is 0 Å². The molecule has 16 atom stereocenters. The molecule has 3 rings (SSSR count). The molecule has 15 nitrogen and oxygen atoms in total. The second kappa shape index (κ2) is 22.7. The number of hydrogen-bond acceptors (Lipinski definition) is 15. The molecular formula is C41H69NO14. The molecule has 3 aliphatic rings. The van der Waals surface area contributed by atoms with Crippen LogP contribution < -0.4 is 0 Å². The topological polar surface area (TPSA) is 200 Å². The van der Waals surface area contributed by atoms with Crippen LogP contribution in [0.25, 0.3) is 0 Å². The van der Waals surface area contributed by atoms with E-state index >= 15 is 0 Å². The van der Waals surface area contributed by atoms with Gasteiger partial charge in [-0.05, 0) is 66.5 Å². The first-order valence-corrected chi connectivity index (χ1v) is 20.2. The third-order valence-corrected chi connectivity index (χ3v) is 11.1. The number of methoxy groups -OCH3 is 1. The Kier molecular flexibility index (Phi) is 19.5. The third-order valence-electron chi connectivity index (χ3n) is 11.1. The van der Waals surface area contributed by atoms with E-state index in [1.165, 1.54) is 7.11 Å². The van der Waals surface area contributed by atoms with E-state index in [0.717, 1.165) is 19.1 Å². The average Bonchev–Trinajstić information content (AvgIpc) is 3.11. The van der Waals surface area contributed by atoms with Crippen LogP contribution in [-0.2, 0) is 47.5 Å². The lowest BCUT2D eigenvalue weighted by Crippen LogP contribution is -2.66. The summed E-state index contributed by atoms with van der Waals surface area (Å²) < 4.78 is 42.6. The highest BCUT2D eigenvalue weighted by atomic mass is 16.7. The summed E-state index contributed by atoms with van der Waals surface area (Å²) in [6.07, 6.45) is -1.53. The number of rotatable bonds is 13. The quantitative estimate of drug-likeness (QED) is 0.120. The second-order valence-electron chi connectivity index (χ2n) is 16.2. The fourth-order valence-electron chi connectivity index (χ4n) is 7.95. The van der Waals surface area contributed by atoms with E-state index in [2.05, 4.69) is 0 Å². The Morgan fingerprint density at radius 3 is 2.36 bits per heavy atom. The molecule has 56 heavy (non-hydrogen) atoms. The highest BCUT2D eigenvalue weighted by Gasteiger charge is 2.53. The van der Waals surface area contributed by atoms with Crippen molar-refractivity contribution in [3.05, 3.63) is 24.3 Å². The fraction of sp³-hybridized carbons (Fsp3) is 0.829. The molecular weight excluding hydrogens is 730 g/mol. The van der Waals surface area contributed by atoms with Gasteiger partial charge >= 0.3 is 11.9 Å². The van der Waals surface area contributed by atoms with Crippen molar-refractivity contribution >= 4 is 18.2 Å². The van der Waals surface area contributed by atoms with Crippen LogP contribution in [0.1, 0.15) is 99.3 Å². The second-order valence-corrected chi connectivity index (χ2v) is 16.2. The zero-order chi connectivity index (χ0) is 41.7. The summed E-state index contributed by atoms with van der Waals surface area (Å²) >= 11 is 0. The van der Waals surface area contributed by atoms with Crippen LogP contribution in [0.15, 0.2) is 24.3 Å². The Bertz CT molecular complexity index is 1280. The van der Waals surface area contributed by atoms with Gasteiger partial charge in [0.15, 0.2) is 12.6 Å². The number of nitrogens with zero attached hydrogens (tertiary/aromatic N) is 1. The molecule has 322 valence electrons. The van der Waals surface area contributed by atoms with Gasteiger partial charge in [-0.2, -0.15) is 0 Å². The molecule has 4 N–H and O–H groups in total. The standard InChI is InChI=1S/C41H69NO14/c1-10-11-13-18-31(46)56-41(6)23-33(52-27(5)39(41)49)54-36-26(4)53-40(35(48)34(36)42(7)8)55-37-28(19-20-43)21-24(2)29(44)17-15-12-14-16-25(3)51-32(47)22-30(45)38(37)50-9/h12,14-15,17,20,24-30,33-40,44-45,48-49H,10-11,13,16,18-19,21-23H2,1-9H3/b14-12+,17-15+/t24-,25-,26-,27+,28+,29+,30-,33+,34-,35-,36-,37+,38+,39+,40?,41-/m1/s1. The van der Waals surface area contributed by atoms with Crippen LogP contribution in [0.5, 0.6) is 0 Å². The Balaban J connectivity index is 1.91. The number of unbranched alkanes of at least 4 members (excludes halogenated alkanes) is 2. The number of likely N-dealkylation sites (N-methyl/N-ethyl adjacent to an activating group) is 1. The number of ether oxygens (including phenoxy) is 7. The van der Waals surface area contributed by atoms with Gasteiger partial charge in [-0.15, -0.1) is 0 Å². The molecule has 0 aromatic carbocycles. The summed E-state index contributed by atoms with van der Waals surface area (Å²) in [5.41, 5.74) is -1.29. The van der Waals surface area contributed by atoms with Gasteiger partial charge in [-0.1, -0.05) is 51.0 Å². The van der Waals surface area contributed by atoms with Gasteiger partial charge in [-0.25, -0.2) is 0 Å². The molecule has 0 aromatic rings. The van der Waals surface area contributed by atoms with Crippen molar-refractivity contribution in [1.82, 2.24) is 4.90 Å². The molecule has 3 aliphatic heterocycles. The van der Waals surface area contributed by atoms with E-state index < -0.39 is 110 Å². The molecule has 0 spiro atoms. The predicted molar refractivity (Wildman–Crippen MR) is 205 cm³/mol. The molecule has 2 fully saturated rings.